The van der Waals surface area contributed by atoms with Crippen molar-refractivity contribution in [2.45, 2.75) is 13.0 Å². The van der Waals surface area contributed by atoms with Gasteiger partial charge in [-0.05, 0) is 55.0 Å². The number of nitrogens with zero attached hydrogens (tertiary/aromatic N) is 3. The molecule has 0 aliphatic carbocycles. The number of aromatic hydroxyl groups is 1. The van der Waals surface area contributed by atoms with E-state index in [-0.39, 0.29) is 17.5 Å². The second-order valence-corrected chi connectivity index (χ2v) is 8.30. The minimum atomic E-state index is -0.520. The molecule has 0 saturated heterocycles. The highest BCUT2D eigenvalue weighted by atomic mass is 32.1. The molecule has 3 aromatic carbocycles. The first-order chi connectivity index (χ1) is 17.0. The molecule has 7 nitrogen and oxygen atoms in total. The fraction of sp³-hybridized carbons (Fsp3) is 0.115. The van der Waals surface area contributed by atoms with Gasteiger partial charge in [0.25, 0.3) is 5.89 Å². The van der Waals surface area contributed by atoms with Crippen LogP contribution in [0.1, 0.15) is 24.4 Å². The summed E-state index contributed by atoms with van der Waals surface area (Å²) in [6.45, 7) is 1.86. The number of hydrogen-bond donors (Lipinski definition) is 2. The molecule has 1 unspecified atom stereocenters. The molecule has 0 radical (unpaired) electrons. The maximum atomic E-state index is 14.1. The van der Waals surface area contributed by atoms with E-state index in [4.69, 9.17) is 21.5 Å². The SMILES string of the molecule is COc1ccc(C2NC(=S)N(c3cccc(F)c3)C(C)=C2c2nc(-c3ccccc3)no2)cc1O. The van der Waals surface area contributed by atoms with Crippen LogP contribution >= 0.6 is 12.2 Å². The minimum absolute atomic E-state index is 0.0159. The molecule has 1 atom stereocenters. The first kappa shape index (κ1) is 22.5. The summed E-state index contributed by atoms with van der Waals surface area (Å²) in [5, 5.41) is 18.2. The Labute approximate surface area is 206 Å². The number of anilines is 1. The quantitative estimate of drug-likeness (QED) is 0.359. The van der Waals surface area contributed by atoms with Crippen molar-refractivity contribution in [2.24, 2.45) is 0 Å². The summed E-state index contributed by atoms with van der Waals surface area (Å²) in [6, 6.07) is 20.2. The van der Waals surface area contributed by atoms with E-state index in [1.165, 1.54) is 19.2 Å². The molecule has 0 fully saturated rings. The molecule has 1 aromatic heterocycles. The fourth-order valence-corrected chi connectivity index (χ4v) is 4.48. The van der Waals surface area contributed by atoms with Gasteiger partial charge in [-0.15, -0.1) is 0 Å². The number of phenols is 1. The van der Waals surface area contributed by atoms with Gasteiger partial charge in [-0.3, -0.25) is 4.90 Å². The van der Waals surface area contributed by atoms with E-state index in [2.05, 4.69) is 15.5 Å². The van der Waals surface area contributed by atoms with Crippen molar-refractivity contribution >= 4 is 28.6 Å². The van der Waals surface area contributed by atoms with Gasteiger partial charge in [0, 0.05) is 11.3 Å². The molecule has 0 spiro atoms. The summed E-state index contributed by atoms with van der Waals surface area (Å²) in [4.78, 5) is 6.37. The summed E-state index contributed by atoms with van der Waals surface area (Å²) < 4.78 is 25.0. The van der Waals surface area contributed by atoms with E-state index in [1.54, 1.807) is 29.2 Å². The van der Waals surface area contributed by atoms with Crippen molar-refractivity contribution in [2.75, 3.05) is 12.0 Å². The third-order valence-electron chi connectivity index (χ3n) is 5.78. The first-order valence-corrected chi connectivity index (χ1v) is 11.2. The number of aromatic nitrogens is 2. The Morgan fingerprint density at radius 3 is 2.60 bits per heavy atom. The topological polar surface area (TPSA) is 83.7 Å². The molecule has 0 bridgehead atoms. The molecular formula is C26H21FN4O3S. The number of phenolic OH excluding ortho intramolecular Hbond substituents is 1. The second-order valence-electron chi connectivity index (χ2n) is 7.92. The molecule has 5 rings (SSSR count). The number of halogens is 1. The highest BCUT2D eigenvalue weighted by Gasteiger charge is 2.35. The van der Waals surface area contributed by atoms with Crippen LogP contribution in [0, 0.1) is 5.82 Å². The van der Waals surface area contributed by atoms with Crippen molar-refractivity contribution in [3.8, 4) is 22.9 Å². The van der Waals surface area contributed by atoms with E-state index >= 15 is 0 Å². The Hall–Kier alpha value is -4.24. The second kappa shape index (κ2) is 9.19. The zero-order valence-electron chi connectivity index (χ0n) is 18.9. The highest BCUT2D eigenvalue weighted by Crippen LogP contribution is 2.41. The number of thiocarbonyl (C=S) groups is 1. The molecule has 2 heterocycles. The standard InChI is InChI=1S/C26H21FN4O3S/c1-15-22(25-29-24(30-34-25)16-7-4-3-5-8-16)23(17-11-12-21(33-2)20(32)13-17)28-26(35)31(15)19-10-6-9-18(27)14-19/h3-14,23,32H,1-2H3,(H,28,35). The Balaban J connectivity index is 1.67. The van der Waals surface area contributed by atoms with Gasteiger partial charge < -0.3 is 19.7 Å². The largest absolute Gasteiger partial charge is 0.504 e. The molecule has 2 N–H and O–H groups in total. The van der Waals surface area contributed by atoms with E-state index in [9.17, 15) is 9.50 Å². The molecule has 4 aromatic rings. The summed E-state index contributed by atoms with van der Waals surface area (Å²) >= 11 is 5.68. The summed E-state index contributed by atoms with van der Waals surface area (Å²) in [5.41, 5.74) is 3.39. The van der Waals surface area contributed by atoms with Gasteiger partial charge in [-0.1, -0.05) is 47.6 Å². The van der Waals surface area contributed by atoms with Gasteiger partial charge in [0.2, 0.25) is 5.82 Å². The molecular weight excluding hydrogens is 467 g/mol. The predicted octanol–water partition coefficient (Wildman–Crippen LogP) is 5.46. The van der Waals surface area contributed by atoms with Crippen LogP contribution in [0.2, 0.25) is 0 Å². The van der Waals surface area contributed by atoms with E-state index < -0.39 is 6.04 Å². The first-order valence-electron chi connectivity index (χ1n) is 10.8. The molecule has 0 amide bonds. The average molecular weight is 489 g/mol. The minimum Gasteiger partial charge on any atom is -0.504 e. The van der Waals surface area contributed by atoms with Crippen LogP contribution in [0.3, 0.4) is 0 Å². The summed E-state index contributed by atoms with van der Waals surface area (Å²) in [6.07, 6.45) is 0. The van der Waals surface area contributed by atoms with Crippen molar-refractivity contribution in [3.63, 3.8) is 0 Å². The number of allylic oxidation sites excluding steroid dienone is 1. The maximum absolute atomic E-state index is 14.1. The molecule has 176 valence electrons. The number of hydrogen-bond acceptors (Lipinski definition) is 6. The highest BCUT2D eigenvalue weighted by molar-refractivity contribution is 7.80. The van der Waals surface area contributed by atoms with Gasteiger partial charge in [0.1, 0.15) is 5.82 Å². The van der Waals surface area contributed by atoms with Crippen LogP contribution in [-0.2, 0) is 0 Å². The van der Waals surface area contributed by atoms with E-state index in [0.29, 0.717) is 39.2 Å². The third kappa shape index (κ3) is 4.22. The van der Waals surface area contributed by atoms with Crippen molar-refractivity contribution in [1.82, 2.24) is 15.5 Å². The van der Waals surface area contributed by atoms with Gasteiger partial charge in [0.05, 0.1) is 24.4 Å². The van der Waals surface area contributed by atoms with Gasteiger partial charge in [-0.25, -0.2) is 4.39 Å². The number of methoxy groups -OCH3 is 1. The monoisotopic (exact) mass is 488 g/mol. The van der Waals surface area contributed by atoms with Crippen molar-refractivity contribution < 1.29 is 18.8 Å². The van der Waals surface area contributed by atoms with Gasteiger partial charge in [0.15, 0.2) is 16.6 Å². The van der Waals surface area contributed by atoms with Gasteiger partial charge in [-0.2, -0.15) is 4.98 Å². The molecule has 35 heavy (non-hydrogen) atoms. The Morgan fingerprint density at radius 2 is 1.89 bits per heavy atom. The lowest BCUT2D eigenvalue weighted by atomic mass is 9.94. The van der Waals surface area contributed by atoms with Crippen LogP contribution < -0.4 is 15.0 Å². The smallest absolute Gasteiger partial charge is 0.258 e. The molecule has 1 aliphatic heterocycles. The number of benzene rings is 3. The maximum Gasteiger partial charge on any atom is 0.258 e. The van der Waals surface area contributed by atoms with Crippen LogP contribution in [0.15, 0.2) is 83.0 Å². The van der Waals surface area contributed by atoms with Crippen molar-refractivity contribution in [3.05, 3.63) is 95.8 Å². The fourth-order valence-electron chi connectivity index (χ4n) is 4.12. The Bertz CT molecular complexity index is 1440. The van der Waals surface area contributed by atoms with Gasteiger partial charge >= 0.3 is 0 Å². The lowest BCUT2D eigenvalue weighted by Crippen LogP contribution is -2.46. The molecule has 1 aliphatic rings. The summed E-state index contributed by atoms with van der Waals surface area (Å²) in [7, 11) is 1.48. The predicted molar refractivity (Wildman–Crippen MR) is 134 cm³/mol. The van der Waals surface area contributed by atoms with Crippen LogP contribution in [0.25, 0.3) is 17.0 Å². The van der Waals surface area contributed by atoms with E-state index in [0.717, 1.165) is 5.56 Å². The Kier molecular flexibility index (Phi) is 5.92. The lowest BCUT2D eigenvalue weighted by Gasteiger charge is -2.37. The van der Waals surface area contributed by atoms with Crippen molar-refractivity contribution in [1.29, 1.82) is 0 Å². The molecule has 9 heteroatoms. The number of rotatable bonds is 5. The van der Waals surface area contributed by atoms with E-state index in [1.807, 2.05) is 43.3 Å². The zero-order chi connectivity index (χ0) is 24.5. The average Bonchev–Trinajstić information content (AvgIpc) is 3.34. The third-order valence-corrected chi connectivity index (χ3v) is 6.08. The molecule has 0 saturated carbocycles. The summed E-state index contributed by atoms with van der Waals surface area (Å²) in [5.74, 6) is 0.657. The number of ether oxygens (including phenoxy) is 1. The normalized spacial score (nSPS) is 15.8. The Morgan fingerprint density at radius 1 is 1.09 bits per heavy atom. The van der Waals surface area contributed by atoms with Crippen LogP contribution in [-0.4, -0.2) is 27.5 Å². The van der Waals surface area contributed by atoms with Crippen LogP contribution in [0.4, 0.5) is 10.1 Å². The zero-order valence-corrected chi connectivity index (χ0v) is 19.7. The van der Waals surface area contributed by atoms with Crippen LogP contribution in [0.5, 0.6) is 11.5 Å². The lowest BCUT2D eigenvalue weighted by molar-refractivity contribution is 0.372. The number of nitrogens with one attached hydrogen (secondary N) is 1.